The first-order valence-corrected chi connectivity index (χ1v) is 45.0. The highest BCUT2D eigenvalue weighted by atomic mass is 32.2. The van der Waals surface area contributed by atoms with Crippen LogP contribution in [0.3, 0.4) is 0 Å². The van der Waals surface area contributed by atoms with Gasteiger partial charge in [0, 0.05) is 96.0 Å². The standard InChI is InChI=1S/C95H120N16O21S/c1-10-11-31-75-90(127)101-67(40-41-81(117)118)85(122)104-71(49-82(119)120)89(126)107-83(56(4)5)95(132)110(8)76(46-58-25-17-13-18-26-58)91(128)105-72(45-61-34-38-64(113)39-35-61)92(129)108(6)52-79(115)99-70(48-62-50-97-66-30-22-21-29-65(62)66)88(125)103-69(43-60-32-36-63(112)37-33-60)87(124)102-68(42-55(2)3)86(123)106-74(84(121)98-51-78(96)114)53-133-54-80(116)100-73(44-57-23-15-12-16-24-57)93(130)111(9)77(94(131)109(75)7)47-59-27-19-14-20-28-59/h12-30,32-39,50,55-56,67-77,83,97,112-113H,10-11,31,40-49,51-54H2,1-9H3,(H2,96,114)(H,98,121)(H,99,115)(H,100,116)(H,101,127)(H,102,124)(H,103,125)(H,104,122)(H,105,128)(H,106,123)(H,107,126)(H,117,118)(H,119,120)/t67-,68-,69-,70-,71-,72-,73-,74-,75?,76?,77-,83-/m0/s1. The Morgan fingerprint density at radius 1 is 0.451 bits per heavy atom. The Labute approximate surface area is 774 Å². The maximum absolute atomic E-state index is 15.6. The fourth-order valence-corrected chi connectivity index (χ4v) is 16.1. The van der Waals surface area contributed by atoms with Crippen LogP contribution in [0.1, 0.15) is 113 Å². The summed E-state index contributed by atoms with van der Waals surface area (Å²) in [6, 6.07) is 24.0. The summed E-state index contributed by atoms with van der Waals surface area (Å²) in [5.74, 6) is -20.2. The highest BCUT2D eigenvalue weighted by Crippen LogP contribution is 2.25. The van der Waals surface area contributed by atoms with Crippen LogP contribution in [-0.4, -0.2) is 271 Å². The number of aromatic hydroxyl groups is 2. The van der Waals surface area contributed by atoms with Crippen molar-refractivity contribution in [3.05, 3.63) is 203 Å². The number of likely N-dealkylation sites (N-methyl/N-ethyl adjacent to an activating group) is 4. The first-order valence-electron chi connectivity index (χ1n) is 43.8. The van der Waals surface area contributed by atoms with Gasteiger partial charge in [0.2, 0.25) is 88.6 Å². The van der Waals surface area contributed by atoms with E-state index in [0.717, 1.165) is 31.4 Å². The molecule has 0 aliphatic carbocycles. The zero-order valence-corrected chi connectivity index (χ0v) is 76.6. The van der Waals surface area contributed by atoms with Crippen molar-refractivity contribution in [2.75, 3.05) is 52.8 Å². The largest absolute Gasteiger partial charge is 0.508 e. The molecule has 1 saturated heterocycles. The fourth-order valence-electron chi connectivity index (χ4n) is 15.3. The number of phenols is 2. The fraction of sp³-hybridized carbons (Fsp3) is 0.421. The van der Waals surface area contributed by atoms with E-state index >= 15 is 38.4 Å². The van der Waals surface area contributed by atoms with Gasteiger partial charge in [-0.15, -0.1) is 11.8 Å². The number of hydrogen-bond acceptors (Lipinski definition) is 20. The summed E-state index contributed by atoms with van der Waals surface area (Å²) in [5.41, 5.74) is 8.92. The van der Waals surface area contributed by atoms with Crippen LogP contribution in [-0.2, 0) is 120 Å². The number of carbonyl (C=O) groups excluding carboxylic acids is 15. The summed E-state index contributed by atoms with van der Waals surface area (Å²) in [7, 11) is 5.09. The number of nitrogens with zero attached hydrogens (tertiary/aromatic N) is 4. The van der Waals surface area contributed by atoms with Gasteiger partial charge in [-0.2, -0.15) is 0 Å². The molecule has 8 rings (SSSR count). The van der Waals surface area contributed by atoms with E-state index in [1.54, 1.807) is 142 Å². The number of aliphatic carboxylic acids is 2. The molecule has 1 aromatic heterocycles. The van der Waals surface area contributed by atoms with Crippen LogP contribution in [0, 0.1) is 11.8 Å². The Morgan fingerprint density at radius 2 is 0.902 bits per heavy atom. The molecule has 133 heavy (non-hydrogen) atoms. The molecule has 0 spiro atoms. The molecule has 12 atom stereocenters. The first kappa shape index (κ1) is 104. The Morgan fingerprint density at radius 3 is 1.45 bits per heavy atom. The maximum Gasteiger partial charge on any atom is 0.305 e. The molecule has 1 aliphatic heterocycles. The number of nitrogens with one attached hydrogen (secondary N) is 11. The van der Waals surface area contributed by atoms with Crippen molar-refractivity contribution >= 4 is 123 Å². The number of hydrogen-bond donors (Lipinski definition) is 16. The number of aromatic amines is 1. The quantitative estimate of drug-likeness (QED) is 0.0369. The second-order valence-electron chi connectivity index (χ2n) is 33.8. The van der Waals surface area contributed by atoms with E-state index in [4.69, 9.17) is 5.73 Å². The van der Waals surface area contributed by atoms with Crippen LogP contribution >= 0.6 is 11.8 Å². The van der Waals surface area contributed by atoms with E-state index in [1.807, 2.05) is 0 Å². The van der Waals surface area contributed by atoms with Gasteiger partial charge < -0.3 is 104 Å². The highest BCUT2D eigenvalue weighted by Gasteiger charge is 2.43. The smallest absolute Gasteiger partial charge is 0.305 e. The Balaban J connectivity index is 1.23. The molecule has 0 bridgehead atoms. The van der Waals surface area contributed by atoms with Crippen molar-refractivity contribution in [1.29, 1.82) is 0 Å². The van der Waals surface area contributed by atoms with Crippen molar-refractivity contribution in [2.45, 2.75) is 191 Å². The lowest BCUT2D eigenvalue weighted by Crippen LogP contribution is -2.62. The Kier molecular flexibility index (Phi) is 39.8. The first-order chi connectivity index (χ1) is 63.3. The topological polar surface area (TPSA) is 546 Å². The average molecular weight is 1850 g/mol. The number of fused-ring (bicyclic) bond motifs is 1. The van der Waals surface area contributed by atoms with Gasteiger partial charge in [0.15, 0.2) is 0 Å². The number of carbonyl (C=O) groups is 17. The van der Waals surface area contributed by atoms with Gasteiger partial charge in [0.05, 0.1) is 25.3 Å². The van der Waals surface area contributed by atoms with Gasteiger partial charge in [-0.25, -0.2) is 0 Å². The number of aromatic nitrogens is 1. The van der Waals surface area contributed by atoms with Crippen molar-refractivity contribution in [2.24, 2.45) is 17.6 Å². The van der Waals surface area contributed by atoms with Gasteiger partial charge in [-0.3, -0.25) is 81.5 Å². The van der Waals surface area contributed by atoms with E-state index in [2.05, 4.69) is 58.2 Å². The molecule has 37 nitrogen and oxygen atoms in total. The molecular weight excluding hydrogens is 1730 g/mol. The third kappa shape index (κ3) is 32.1. The number of thioether (sulfide) groups is 1. The van der Waals surface area contributed by atoms with Crippen LogP contribution in [0.15, 0.2) is 170 Å². The maximum atomic E-state index is 15.6. The van der Waals surface area contributed by atoms with Crippen molar-refractivity contribution in [3.63, 3.8) is 0 Å². The predicted octanol–water partition coefficient (Wildman–Crippen LogP) is 2.22. The molecule has 17 N–H and O–H groups in total. The Bertz CT molecular complexity index is 5220. The third-order valence-corrected chi connectivity index (χ3v) is 23.6. The van der Waals surface area contributed by atoms with Gasteiger partial charge in [0.1, 0.15) is 84.0 Å². The lowest BCUT2D eigenvalue weighted by Gasteiger charge is -2.36. The third-order valence-electron chi connectivity index (χ3n) is 22.6. The number of benzene rings is 6. The molecule has 38 heteroatoms. The van der Waals surface area contributed by atoms with E-state index in [1.165, 1.54) is 90.6 Å². The van der Waals surface area contributed by atoms with Crippen molar-refractivity contribution < 1.29 is 102 Å². The second-order valence-corrected chi connectivity index (χ2v) is 34.8. The number of phenolic OH excluding ortho intramolecular Hbond substituents is 2. The lowest BCUT2D eigenvalue weighted by molar-refractivity contribution is -0.149. The van der Waals surface area contributed by atoms with E-state index in [0.29, 0.717) is 50.7 Å². The highest BCUT2D eigenvalue weighted by molar-refractivity contribution is 8.00. The summed E-state index contributed by atoms with van der Waals surface area (Å²) in [6.07, 6.45) is -2.07. The number of carboxylic acids is 2. The molecule has 2 heterocycles. The van der Waals surface area contributed by atoms with Crippen LogP contribution < -0.4 is 58.9 Å². The summed E-state index contributed by atoms with van der Waals surface area (Å²) in [4.78, 5) is 256. The lowest BCUT2D eigenvalue weighted by atomic mass is 9.98. The van der Waals surface area contributed by atoms with E-state index < -0.39 is 223 Å². The van der Waals surface area contributed by atoms with Gasteiger partial charge in [0.25, 0.3) is 0 Å². The molecule has 7 aromatic rings. The second kappa shape index (κ2) is 50.8. The predicted molar refractivity (Wildman–Crippen MR) is 493 cm³/mol. The molecular formula is C95H120N16O21S. The number of primary amides is 1. The van der Waals surface area contributed by atoms with Gasteiger partial charge in [-0.1, -0.05) is 181 Å². The minimum absolute atomic E-state index is 0.101. The minimum atomic E-state index is -2.08. The summed E-state index contributed by atoms with van der Waals surface area (Å²) in [6.45, 7) is 6.77. The van der Waals surface area contributed by atoms with Gasteiger partial charge in [-0.05, 0) is 94.8 Å². The van der Waals surface area contributed by atoms with Crippen molar-refractivity contribution in [1.82, 2.24) is 77.8 Å². The number of rotatable bonds is 26. The molecule has 2 unspecified atom stereocenters. The van der Waals surface area contributed by atoms with Crippen LogP contribution in [0.4, 0.5) is 0 Å². The van der Waals surface area contributed by atoms with E-state index in [9.17, 15) is 63.6 Å². The number of unbranched alkanes of at least 4 members (excludes halogenated alkanes) is 1. The average Bonchev–Trinajstić information content (AvgIpc) is 1.79. The monoisotopic (exact) mass is 1850 g/mol. The molecule has 6 aromatic carbocycles. The Hall–Kier alpha value is -14.2. The number of H-pyrrole nitrogens is 1. The summed E-state index contributed by atoms with van der Waals surface area (Å²) < 4.78 is 0. The van der Waals surface area contributed by atoms with Crippen LogP contribution in [0.5, 0.6) is 11.5 Å². The summed E-state index contributed by atoms with van der Waals surface area (Å²) >= 11 is 0.802. The summed E-state index contributed by atoms with van der Waals surface area (Å²) in [5, 5.41) is 68.1. The molecule has 712 valence electrons. The number of nitrogens with two attached hydrogens (primary N) is 1. The molecule has 15 amide bonds. The molecule has 1 aliphatic rings. The van der Waals surface area contributed by atoms with Crippen molar-refractivity contribution in [3.8, 4) is 11.5 Å². The number of carboxylic acid groups (broad SMARTS) is 2. The normalized spacial score (nSPS) is 22.1. The van der Waals surface area contributed by atoms with Crippen LogP contribution in [0.2, 0.25) is 0 Å². The number of amides is 15. The zero-order valence-electron chi connectivity index (χ0n) is 75.8. The minimum Gasteiger partial charge on any atom is -0.508 e. The molecule has 1 fully saturated rings. The zero-order chi connectivity index (χ0) is 97.3. The molecule has 0 radical (unpaired) electrons. The molecule has 0 saturated carbocycles. The SMILES string of the molecule is CCCCC1C(=O)N[C@@H](CCC(=O)O)C(=O)N[C@@H](CC(=O)O)C(=O)N[C@@H](C(C)C)C(=O)N(C)C(Cc2ccccc2)C(=O)N[C@@H](Cc2ccc(O)cc2)C(=O)N(C)CC(=O)N[C@@H](Cc2c[nH]c3ccccc23)C(=O)N[C@@H](Cc2ccc(O)cc2)C(=O)N[C@@H](CC(C)C)C(=O)N[C@H](C(=O)NCC(N)=O)CSCC(=O)N[C@@H](Cc2ccccc2)C(=O)N(C)[C@@H](Cc2ccccc2)C(=O)N1C. The number of para-hydroxylation sites is 1. The van der Waals surface area contributed by atoms with Crippen LogP contribution in [0.25, 0.3) is 10.9 Å². The van der Waals surface area contributed by atoms with E-state index in [-0.39, 0.29) is 75.2 Å². The van der Waals surface area contributed by atoms with Gasteiger partial charge >= 0.3 is 11.9 Å².